The van der Waals surface area contributed by atoms with Crippen molar-refractivity contribution in [2.75, 3.05) is 38.8 Å². The molecule has 6 nitrogen and oxygen atoms in total. The molecule has 0 aromatic heterocycles. The summed E-state index contributed by atoms with van der Waals surface area (Å²) in [6.45, 7) is 1.64. The van der Waals surface area contributed by atoms with Crippen LogP contribution in [0.5, 0.6) is 17.2 Å². The molecule has 1 aliphatic heterocycles. The molecule has 1 N–H and O–H groups in total. The normalized spacial score (nSPS) is 18.7. The molecule has 1 aromatic carbocycles. The Kier molecular flexibility index (Phi) is 4.39. The average molecular weight is 301 g/mol. The average Bonchev–Trinajstić information content (AvgIpc) is 2.42. The molecule has 112 valence electrons. The molecule has 0 atom stereocenters. The monoisotopic (exact) mass is 301 g/mol. The quantitative estimate of drug-likeness (QED) is 0.879. The number of ether oxygens (including phenoxy) is 2. The van der Waals surface area contributed by atoms with Crippen LogP contribution in [-0.4, -0.2) is 57.2 Å². The van der Waals surface area contributed by atoms with Gasteiger partial charge in [-0.3, -0.25) is 4.90 Å². The summed E-state index contributed by atoms with van der Waals surface area (Å²) in [7, 11) is 0.0845. The molecule has 1 aromatic rings. The first-order valence-corrected chi connectivity index (χ1v) is 8.14. The predicted molar refractivity (Wildman–Crippen MR) is 75.1 cm³/mol. The number of methoxy groups -OCH3 is 2. The van der Waals surface area contributed by atoms with Crippen molar-refractivity contribution in [3.8, 4) is 17.2 Å². The van der Waals surface area contributed by atoms with E-state index >= 15 is 0 Å². The minimum absolute atomic E-state index is 0.0278. The lowest BCUT2D eigenvalue weighted by Gasteiger charge is -2.26. The van der Waals surface area contributed by atoms with Crippen LogP contribution in [0.25, 0.3) is 0 Å². The first-order chi connectivity index (χ1) is 9.45. The molecule has 0 spiro atoms. The minimum Gasteiger partial charge on any atom is -0.502 e. The molecule has 20 heavy (non-hydrogen) atoms. The molecule has 1 fully saturated rings. The van der Waals surface area contributed by atoms with Crippen molar-refractivity contribution in [2.45, 2.75) is 6.54 Å². The van der Waals surface area contributed by atoms with Gasteiger partial charge in [-0.15, -0.1) is 0 Å². The van der Waals surface area contributed by atoms with Crippen LogP contribution in [0.2, 0.25) is 0 Å². The largest absolute Gasteiger partial charge is 0.502 e. The number of sulfone groups is 1. The second kappa shape index (κ2) is 5.88. The van der Waals surface area contributed by atoms with Gasteiger partial charge in [0.2, 0.25) is 5.75 Å². The Labute approximate surface area is 118 Å². The number of nitrogens with zero attached hydrogens (tertiary/aromatic N) is 1. The third kappa shape index (κ3) is 3.34. The number of benzene rings is 1. The van der Waals surface area contributed by atoms with Crippen LogP contribution in [0.15, 0.2) is 12.1 Å². The lowest BCUT2D eigenvalue weighted by molar-refractivity contribution is 0.285. The van der Waals surface area contributed by atoms with Crippen molar-refractivity contribution in [2.24, 2.45) is 0 Å². The van der Waals surface area contributed by atoms with E-state index in [-0.39, 0.29) is 17.3 Å². The van der Waals surface area contributed by atoms with Crippen LogP contribution >= 0.6 is 0 Å². The Morgan fingerprint density at radius 3 is 2.10 bits per heavy atom. The number of hydrogen-bond acceptors (Lipinski definition) is 6. The molecule has 0 unspecified atom stereocenters. The maximum absolute atomic E-state index is 11.4. The summed E-state index contributed by atoms with van der Waals surface area (Å²) in [5, 5.41) is 9.84. The number of hydrogen-bond donors (Lipinski definition) is 1. The summed E-state index contributed by atoms with van der Waals surface area (Å²) in [6, 6.07) is 3.47. The zero-order valence-corrected chi connectivity index (χ0v) is 12.4. The zero-order chi connectivity index (χ0) is 14.8. The van der Waals surface area contributed by atoms with E-state index in [0.717, 1.165) is 5.56 Å². The standard InChI is InChI=1S/C13H19NO5S/c1-18-11-7-10(8-12(19-2)13(11)15)9-14-3-5-20(16,17)6-4-14/h7-8,15H,3-6,9H2,1-2H3. The number of phenols is 1. The van der Waals surface area contributed by atoms with E-state index in [1.807, 2.05) is 0 Å². The number of phenolic OH excluding ortho intramolecular Hbond substituents is 1. The SMILES string of the molecule is COc1cc(CN2CCS(=O)(=O)CC2)cc(OC)c1O. The van der Waals surface area contributed by atoms with Crippen molar-refractivity contribution in [3.05, 3.63) is 17.7 Å². The van der Waals surface area contributed by atoms with Gasteiger partial charge < -0.3 is 14.6 Å². The fraction of sp³-hybridized carbons (Fsp3) is 0.538. The Morgan fingerprint density at radius 2 is 1.65 bits per heavy atom. The van der Waals surface area contributed by atoms with Crippen molar-refractivity contribution < 1.29 is 23.0 Å². The van der Waals surface area contributed by atoms with Crippen molar-refractivity contribution in [3.63, 3.8) is 0 Å². The minimum atomic E-state index is -2.87. The highest BCUT2D eigenvalue weighted by atomic mass is 32.2. The molecule has 0 saturated carbocycles. The molecule has 1 saturated heterocycles. The predicted octanol–water partition coefficient (Wildman–Crippen LogP) is 0.640. The van der Waals surface area contributed by atoms with Gasteiger partial charge in [-0.05, 0) is 17.7 Å². The van der Waals surface area contributed by atoms with Gasteiger partial charge in [-0.25, -0.2) is 8.42 Å². The second-order valence-corrected chi connectivity index (χ2v) is 7.08. The molecule has 0 aliphatic carbocycles. The van der Waals surface area contributed by atoms with E-state index < -0.39 is 9.84 Å². The molecule has 2 rings (SSSR count). The Balaban J connectivity index is 2.14. The van der Waals surface area contributed by atoms with Gasteiger partial charge in [-0.2, -0.15) is 0 Å². The summed E-state index contributed by atoms with van der Waals surface area (Å²) in [5.41, 5.74) is 0.913. The van der Waals surface area contributed by atoms with Gasteiger partial charge in [0, 0.05) is 19.6 Å². The molecular formula is C13H19NO5S. The first kappa shape index (κ1) is 14.9. The van der Waals surface area contributed by atoms with Crippen LogP contribution in [-0.2, 0) is 16.4 Å². The highest BCUT2D eigenvalue weighted by Crippen LogP contribution is 2.37. The summed E-state index contributed by atoms with van der Waals surface area (Å²) >= 11 is 0. The highest BCUT2D eigenvalue weighted by Gasteiger charge is 2.22. The van der Waals surface area contributed by atoms with Gasteiger partial charge in [-0.1, -0.05) is 0 Å². The molecule has 0 radical (unpaired) electrons. The van der Waals surface area contributed by atoms with E-state index in [9.17, 15) is 13.5 Å². The van der Waals surface area contributed by atoms with Crippen molar-refractivity contribution >= 4 is 9.84 Å². The summed E-state index contributed by atoms with van der Waals surface area (Å²) in [6.07, 6.45) is 0. The van der Waals surface area contributed by atoms with E-state index in [1.54, 1.807) is 12.1 Å². The van der Waals surface area contributed by atoms with Gasteiger partial charge in [0.25, 0.3) is 0 Å². The highest BCUT2D eigenvalue weighted by molar-refractivity contribution is 7.91. The molecule has 1 heterocycles. The van der Waals surface area contributed by atoms with Crippen molar-refractivity contribution in [1.29, 1.82) is 0 Å². The lowest BCUT2D eigenvalue weighted by atomic mass is 10.1. The Hall–Kier alpha value is -1.47. The van der Waals surface area contributed by atoms with E-state index in [1.165, 1.54) is 14.2 Å². The maximum Gasteiger partial charge on any atom is 0.200 e. The van der Waals surface area contributed by atoms with Gasteiger partial charge in [0.1, 0.15) is 0 Å². The topological polar surface area (TPSA) is 76.1 Å². The maximum atomic E-state index is 11.4. The van der Waals surface area contributed by atoms with Crippen LogP contribution in [0, 0.1) is 0 Å². The third-order valence-electron chi connectivity index (χ3n) is 3.38. The van der Waals surface area contributed by atoms with Gasteiger partial charge in [0.15, 0.2) is 21.3 Å². The smallest absolute Gasteiger partial charge is 0.200 e. The molecule has 7 heteroatoms. The van der Waals surface area contributed by atoms with Crippen LogP contribution in [0.4, 0.5) is 0 Å². The van der Waals surface area contributed by atoms with Crippen LogP contribution < -0.4 is 9.47 Å². The van der Waals surface area contributed by atoms with Crippen LogP contribution in [0.3, 0.4) is 0 Å². The molecule has 0 amide bonds. The summed E-state index contributed by atoms with van der Waals surface area (Å²) < 4.78 is 33.0. The number of rotatable bonds is 4. The summed E-state index contributed by atoms with van der Waals surface area (Å²) in [5.74, 6) is 1.06. The second-order valence-electron chi connectivity index (χ2n) is 4.78. The molecule has 1 aliphatic rings. The first-order valence-electron chi connectivity index (χ1n) is 6.32. The third-order valence-corrected chi connectivity index (χ3v) is 4.99. The van der Waals surface area contributed by atoms with Gasteiger partial charge >= 0.3 is 0 Å². The summed E-state index contributed by atoms with van der Waals surface area (Å²) in [4.78, 5) is 2.06. The zero-order valence-electron chi connectivity index (χ0n) is 11.6. The Bertz CT molecular complexity index is 545. The van der Waals surface area contributed by atoms with Crippen molar-refractivity contribution in [1.82, 2.24) is 4.90 Å². The molecule has 0 bridgehead atoms. The van der Waals surface area contributed by atoms with Crippen LogP contribution in [0.1, 0.15) is 5.56 Å². The molecular weight excluding hydrogens is 282 g/mol. The van der Waals surface area contributed by atoms with Gasteiger partial charge in [0.05, 0.1) is 25.7 Å². The fourth-order valence-electron chi connectivity index (χ4n) is 2.21. The Morgan fingerprint density at radius 1 is 1.15 bits per heavy atom. The van der Waals surface area contributed by atoms with E-state index in [0.29, 0.717) is 31.1 Å². The van der Waals surface area contributed by atoms with E-state index in [4.69, 9.17) is 9.47 Å². The number of aromatic hydroxyl groups is 1. The van der Waals surface area contributed by atoms with E-state index in [2.05, 4.69) is 4.90 Å². The fourth-order valence-corrected chi connectivity index (χ4v) is 3.48. The lowest BCUT2D eigenvalue weighted by Crippen LogP contribution is -2.39.